The molecule has 2 aromatic heterocycles. The molecule has 2 aromatic carbocycles. The van der Waals surface area contributed by atoms with Crippen molar-refractivity contribution >= 4 is 27.5 Å². The van der Waals surface area contributed by atoms with E-state index in [-0.39, 0.29) is 35.9 Å². The summed E-state index contributed by atoms with van der Waals surface area (Å²) in [6, 6.07) is 13.9. The zero-order valence-corrected chi connectivity index (χ0v) is 22.6. The van der Waals surface area contributed by atoms with Gasteiger partial charge in [0.1, 0.15) is 29.8 Å². The predicted molar refractivity (Wildman–Crippen MR) is 151 cm³/mol. The van der Waals surface area contributed by atoms with Crippen LogP contribution in [0.4, 0.5) is 14.6 Å². The molecule has 8 nitrogen and oxygen atoms in total. The Labute approximate surface area is 231 Å². The van der Waals surface area contributed by atoms with Crippen molar-refractivity contribution in [2.75, 3.05) is 44.7 Å². The van der Waals surface area contributed by atoms with Gasteiger partial charge < -0.3 is 15.0 Å². The van der Waals surface area contributed by atoms with Crippen LogP contribution < -0.4 is 15.0 Å². The first kappa shape index (κ1) is 26.3. The topological polar surface area (TPSA) is 90.2 Å². The van der Waals surface area contributed by atoms with Crippen LogP contribution in [-0.4, -0.2) is 77.9 Å². The Morgan fingerprint density at radius 3 is 2.77 bits per heavy atom. The molecule has 0 radical (unpaired) electrons. The summed E-state index contributed by atoms with van der Waals surface area (Å²) < 4.78 is 36.4. The standard InChI is InChI=1S/C30H31F2N7O/c1-18-5-3-6-19-7-4-8-23(25(18)19)27-26(32)28-24(14-35-27)29(39-12-11-34-21(16-39)9-10-33)37-30(36-28)40-17-22-13-20(31)15-38(22)2/h3-8,14,20-22,34H,9,11-13,15-17H2,1-2H3/t20-,21+,22+/m1/s1. The maximum atomic E-state index is 16.5. The average Bonchev–Trinajstić information content (AvgIpc) is 3.28. The van der Waals surface area contributed by atoms with Crippen LogP contribution in [-0.2, 0) is 0 Å². The van der Waals surface area contributed by atoms with Gasteiger partial charge in [0.15, 0.2) is 5.82 Å². The van der Waals surface area contributed by atoms with Crippen LogP contribution in [0.1, 0.15) is 18.4 Å². The van der Waals surface area contributed by atoms with E-state index >= 15 is 4.39 Å². The van der Waals surface area contributed by atoms with Gasteiger partial charge in [-0.1, -0.05) is 36.4 Å². The number of hydrogen-bond donors (Lipinski definition) is 1. The molecule has 0 bridgehead atoms. The van der Waals surface area contributed by atoms with E-state index in [1.54, 1.807) is 6.20 Å². The molecular weight excluding hydrogens is 512 g/mol. The number of likely N-dealkylation sites (tertiary alicyclic amines) is 1. The second kappa shape index (κ2) is 10.9. The lowest BCUT2D eigenvalue weighted by Crippen LogP contribution is -2.51. The largest absolute Gasteiger partial charge is 0.462 e. The third-order valence-corrected chi connectivity index (χ3v) is 7.95. The minimum atomic E-state index is -0.903. The Balaban J connectivity index is 1.46. The Morgan fingerprint density at radius 1 is 1.18 bits per heavy atom. The van der Waals surface area contributed by atoms with Crippen LogP contribution >= 0.6 is 0 Å². The summed E-state index contributed by atoms with van der Waals surface area (Å²) in [5.74, 6) is -0.0353. The molecule has 4 aromatic rings. The third kappa shape index (κ3) is 4.91. The monoisotopic (exact) mass is 543 g/mol. The second-order valence-corrected chi connectivity index (χ2v) is 10.7. The van der Waals surface area contributed by atoms with Crippen molar-refractivity contribution in [1.82, 2.24) is 25.2 Å². The van der Waals surface area contributed by atoms with Gasteiger partial charge in [-0.2, -0.15) is 15.2 Å². The molecule has 0 unspecified atom stereocenters. The van der Waals surface area contributed by atoms with Crippen LogP contribution in [0.5, 0.6) is 6.01 Å². The molecule has 2 saturated heterocycles. The number of rotatable bonds is 6. The Morgan fingerprint density at radius 2 is 2.00 bits per heavy atom. The molecule has 6 rings (SSSR count). The summed E-state index contributed by atoms with van der Waals surface area (Å²) in [6.07, 6.45) is 1.44. The number of benzene rings is 2. The average molecular weight is 544 g/mol. The number of anilines is 1. The number of aromatic nitrogens is 3. The molecule has 2 aliphatic rings. The molecule has 4 heterocycles. The highest BCUT2D eigenvalue weighted by Crippen LogP contribution is 2.36. The molecule has 3 atom stereocenters. The summed E-state index contributed by atoms with van der Waals surface area (Å²) in [5.41, 5.74) is 2.05. The third-order valence-electron chi connectivity index (χ3n) is 7.95. The fraction of sp³-hybridized carbons (Fsp3) is 0.400. The van der Waals surface area contributed by atoms with E-state index in [0.29, 0.717) is 55.8 Å². The van der Waals surface area contributed by atoms with Gasteiger partial charge >= 0.3 is 6.01 Å². The number of nitrogens with zero attached hydrogens (tertiary/aromatic N) is 6. The quantitative estimate of drug-likeness (QED) is 0.383. The van der Waals surface area contributed by atoms with E-state index in [0.717, 1.165) is 16.3 Å². The number of hydrogen-bond acceptors (Lipinski definition) is 8. The molecule has 1 N–H and O–H groups in total. The molecular formula is C30H31F2N7O. The van der Waals surface area contributed by atoms with Crippen molar-refractivity contribution in [3.8, 4) is 23.3 Å². The molecule has 0 spiro atoms. The van der Waals surface area contributed by atoms with Crippen LogP contribution in [0.3, 0.4) is 0 Å². The first-order valence-corrected chi connectivity index (χ1v) is 13.6. The number of fused-ring (bicyclic) bond motifs is 2. The first-order valence-electron chi connectivity index (χ1n) is 13.6. The molecule has 0 aliphatic carbocycles. The molecule has 2 fully saturated rings. The van der Waals surface area contributed by atoms with Gasteiger partial charge in [-0.3, -0.25) is 9.88 Å². The van der Waals surface area contributed by atoms with E-state index in [1.165, 1.54) is 0 Å². The number of pyridine rings is 1. The summed E-state index contributed by atoms with van der Waals surface area (Å²) in [7, 11) is 1.86. The molecule has 40 heavy (non-hydrogen) atoms. The van der Waals surface area contributed by atoms with E-state index in [2.05, 4.69) is 21.4 Å². The molecule has 2 aliphatic heterocycles. The van der Waals surface area contributed by atoms with Crippen molar-refractivity contribution in [2.45, 2.75) is 38.0 Å². The first-order chi connectivity index (χ1) is 19.4. The number of halogens is 2. The SMILES string of the molecule is Cc1cccc2cccc(-c3ncc4c(N5CCN[C@@H](CC#N)C5)nc(OC[C@@H]5C[C@@H](F)CN5C)nc4c3F)c12. The Kier molecular flexibility index (Phi) is 7.17. The number of ether oxygens (including phenoxy) is 1. The van der Waals surface area contributed by atoms with Crippen molar-refractivity contribution in [2.24, 2.45) is 0 Å². The summed E-state index contributed by atoms with van der Waals surface area (Å²) in [6.45, 7) is 4.35. The van der Waals surface area contributed by atoms with Crippen LogP contribution in [0.2, 0.25) is 0 Å². The fourth-order valence-corrected chi connectivity index (χ4v) is 5.88. The molecule has 206 valence electrons. The molecule has 0 amide bonds. The highest BCUT2D eigenvalue weighted by atomic mass is 19.1. The van der Waals surface area contributed by atoms with E-state index in [9.17, 15) is 9.65 Å². The lowest BCUT2D eigenvalue weighted by atomic mass is 9.97. The van der Waals surface area contributed by atoms with Gasteiger partial charge in [-0.15, -0.1) is 0 Å². The maximum Gasteiger partial charge on any atom is 0.319 e. The lowest BCUT2D eigenvalue weighted by Gasteiger charge is -2.34. The van der Waals surface area contributed by atoms with E-state index < -0.39 is 12.0 Å². The number of likely N-dealkylation sites (N-methyl/N-ethyl adjacent to an activating group) is 1. The van der Waals surface area contributed by atoms with Crippen molar-refractivity contribution in [3.63, 3.8) is 0 Å². The summed E-state index contributed by atoms with van der Waals surface area (Å²) in [5, 5.41) is 15.0. The summed E-state index contributed by atoms with van der Waals surface area (Å²) in [4.78, 5) is 17.8. The number of piperazine rings is 1. The Hall–Kier alpha value is -3.94. The van der Waals surface area contributed by atoms with Crippen LogP contribution in [0.15, 0.2) is 42.6 Å². The number of nitriles is 1. The Bertz CT molecular complexity index is 1600. The van der Waals surface area contributed by atoms with Gasteiger partial charge in [0.05, 0.1) is 17.9 Å². The number of nitrogens with one attached hydrogen (secondary N) is 1. The fourth-order valence-electron chi connectivity index (χ4n) is 5.88. The van der Waals surface area contributed by atoms with Gasteiger partial charge in [0, 0.05) is 50.0 Å². The maximum absolute atomic E-state index is 16.5. The van der Waals surface area contributed by atoms with E-state index in [1.807, 2.05) is 60.2 Å². The summed E-state index contributed by atoms with van der Waals surface area (Å²) >= 11 is 0. The van der Waals surface area contributed by atoms with Crippen LogP contribution in [0.25, 0.3) is 32.9 Å². The molecule has 0 saturated carbocycles. The van der Waals surface area contributed by atoms with Crippen molar-refractivity contribution in [1.29, 1.82) is 5.26 Å². The highest BCUT2D eigenvalue weighted by molar-refractivity contribution is 6.00. The van der Waals surface area contributed by atoms with Crippen LogP contribution in [0, 0.1) is 24.1 Å². The van der Waals surface area contributed by atoms with Gasteiger partial charge in [-0.25, -0.2) is 8.78 Å². The zero-order valence-electron chi connectivity index (χ0n) is 22.6. The smallest absolute Gasteiger partial charge is 0.319 e. The highest BCUT2D eigenvalue weighted by Gasteiger charge is 2.31. The molecule has 10 heteroatoms. The predicted octanol–water partition coefficient (Wildman–Crippen LogP) is 4.41. The minimum absolute atomic E-state index is 0.0405. The van der Waals surface area contributed by atoms with Gasteiger partial charge in [0.2, 0.25) is 0 Å². The normalized spacial score (nSPS) is 21.7. The van der Waals surface area contributed by atoms with E-state index in [4.69, 9.17) is 9.72 Å². The number of alkyl halides is 1. The second-order valence-electron chi connectivity index (χ2n) is 10.7. The van der Waals surface area contributed by atoms with Gasteiger partial charge in [0.25, 0.3) is 0 Å². The van der Waals surface area contributed by atoms with Crippen molar-refractivity contribution in [3.05, 3.63) is 54.0 Å². The van der Waals surface area contributed by atoms with Gasteiger partial charge in [-0.05, 0) is 36.7 Å². The minimum Gasteiger partial charge on any atom is -0.462 e. The number of aryl methyl sites for hydroxylation is 1. The van der Waals surface area contributed by atoms with Crippen molar-refractivity contribution < 1.29 is 13.5 Å². The zero-order chi connectivity index (χ0) is 27.8. The lowest BCUT2D eigenvalue weighted by molar-refractivity contribution is 0.188.